The minimum Gasteiger partial charge on any atom is -0.463 e. The molecule has 1 aliphatic carbocycles. The van der Waals surface area contributed by atoms with E-state index in [1.54, 1.807) is 0 Å². The monoisotopic (exact) mass is 269 g/mol. The largest absolute Gasteiger partial charge is 0.463 e. The van der Waals surface area contributed by atoms with Crippen LogP contribution in [-0.4, -0.2) is 49.2 Å². The summed E-state index contributed by atoms with van der Waals surface area (Å²) in [6, 6.07) is 0. The molecular weight excluding hydrogens is 246 g/mol. The van der Waals surface area contributed by atoms with Crippen molar-refractivity contribution in [1.82, 2.24) is 4.90 Å². The quantitative estimate of drug-likeness (QED) is 0.515. The molecule has 1 saturated carbocycles. The Balaban J connectivity index is 1.66. The van der Waals surface area contributed by atoms with E-state index in [2.05, 4.69) is 0 Å². The predicted molar refractivity (Wildman–Crippen MR) is 69.5 cm³/mol. The van der Waals surface area contributed by atoms with Crippen molar-refractivity contribution in [3.05, 3.63) is 0 Å². The molecule has 19 heavy (non-hydrogen) atoms. The summed E-state index contributed by atoms with van der Waals surface area (Å²) in [6.45, 7) is 5.90. The second kappa shape index (κ2) is 6.37. The first-order valence-electron chi connectivity index (χ1n) is 7.12. The van der Waals surface area contributed by atoms with Crippen LogP contribution in [0.5, 0.6) is 0 Å². The van der Waals surface area contributed by atoms with Gasteiger partial charge in [0.15, 0.2) is 0 Å². The normalized spacial score (nSPS) is 23.2. The maximum atomic E-state index is 11.8. The van der Waals surface area contributed by atoms with Crippen LogP contribution < -0.4 is 0 Å². The number of nitrogens with zero attached hydrogens (tertiary/aromatic N) is 1. The number of carbonyl (C=O) groups excluding carboxylic acids is 2. The maximum Gasteiger partial charge on any atom is 0.311 e. The highest BCUT2D eigenvalue weighted by Gasteiger charge is 2.37. The number of ether oxygens (including phenoxy) is 2. The van der Waals surface area contributed by atoms with Gasteiger partial charge in [-0.25, -0.2) is 0 Å². The van der Waals surface area contributed by atoms with Gasteiger partial charge in [0, 0.05) is 19.5 Å². The van der Waals surface area contributed by atoms with Crippen molar-refractivity contribution in [2.24, 2.45) is 11.8 Å². The molecule has 1 saturated heterocycles. The van der Waals surface area contributed by atoms with Crippen LogP contribution >= 0.6 is 0 Å². The first-order valence-corrected chi connectivity index (χ1v) is 7.12. The highest BCUT2D eigenvalue weighted by atomic mass is 16.6. The molecule has 0 aromatic carbocycles. The van der Waals surface area contributed by atoms with Crippen molar-refractivity contribution in [3.63, 3.8) is 0 Å². The Hall–Kier alpha value is -1.10. The molecule has 1 atom stereocenters. The predicted octanol–water partition coefficient (Wildman–Crippen LogP) is 1.21. The van der Waals surface area contributed by atoms with Gasteiger partial charge in [-0.3, -0.25) is 9.59 Å². The van der Waals surface area contributed by atoms with Crippen molar-refractivity contribution < 1.29 is 19.1 Å². The topological polar surface area (TPSA) is 55.8 Å². The van der Waals surface area contributed by atoms with E-state index in [4.69, 9.17) is 9.47 Å². The molecule has 2 rings (SSSR count). The minimum absolute atomic E-state index is 0.0901. The third-order valence-electron chi connectivity index (χ3n) is 3.50. The van der Waals surface area contributed by atoms with Gasteiger partial charge in [-0.1, -0.05) is 0 Å². The summed E-state index contributed by atoms with van der Waals surface area (Å²) < 4.78 is 10.5. The summed E-state index contributed by atoms with van der Waals surface area (Å²) in [6.07, 6.45) is 2.87. The molecule has 0 spiro atoms. The van der Waals surface area contributed by atoms with E-state index >= 15 is 0 Å². The molecule has 0 bridgehead atoms. The number of hydrogen-bond acceptors (Lipinski definition) is 4. The third-order valence-corrected chi connectivity index (χ3v) is 3.50. The Morgan fingerprint density at radius 2 is 2.11 bits per heavy atom. The van der Waals surface area contributed by atoms with Gasteiger partial charge in [-0.15, -0.1) is 0 Å². The van der Waals surface area contributed by atoms with Gasteiger partial charge in [0.05, 0.1) is 18.6 Å². The molecule has 2 aliphatic rings. The third kappa shape index (κ3) is 4.49. The average Bonchev–Trinajstić information content (AvgIpc) is 3.08. The average molecular weight is 269 g/mol. The Bertz CT molecular complexity index is 338. The molecule has 0 aromatic heterocycles. The zero-order valence-corrected chi connectivity index (χ0v) is 11.8. The molecule has 5 heteroatoms. The first kappa shape index (κ1) is 14.3. The zero-order valence-electron chi connectivity index (χ0n) is 11.8. The number of esters is 1. The second-order valence-electron chi connectivity index (χ2n) is 5.73. The summed E-state index contributed by atoms with van der Waals surface area (Å²) in [5.74, 6) is 0.203. The van der Waals surface area contributed by atoms with E-state index in [-0.39, 0.29) is 30.5 Å². The van der Waals surface area contributed by atoms with Gasteiger partial charge in [-0.2, -0.15) is 0 Å². The lowest BCUT2D eigenvalue weighted by atomic mass is 10.1. The van der Waals surface area contributed by atoms with Crippen LogP contribution in [0.3, 0.4) is 0 Å². The van der Waals surface area contributed by atoms with Gasteiger partial charge in [-0.05, 0) is 32.6 Å². The van der Waals surface area contributed by atoms with Crippen molar-refractivity contribution in [1.29, 1.82) is 0 Å². The first-order chi connectivity index (χ1) is 9.06. The summed E-state index contributed by atoms with van der Waals surface area (Å²) in [4.78, 5) is 25.4. The van der Waals surface area contributed by atoms with E-state index in [0.717, 1.165) is 6.54 Å². The van der Waals surface area contributed by atoms with Gasteiger partial charge in [0.1, 0.15) is 6.61 Å². The van der Waals surface area contributed by atoms with Crippen LogP contribution in [0.1, 0.15) is 33.1 Å². The summed E-state index contributed by atoms with van der Waals surface area (Å²) >= 11 is 0. The van der Waals surface area contributed by atoms with Crippen LogP contribution in [0.25, 0.3) is 0 Å². The number of rotatable bonds is 7. The van der Waals surface area contributed by atoms with Crippen molar-refractivity contribution >= 4 is 11.9 Å². The van der Waals surface area contributed by atoms with Gasteiger partial charge >= 0.3 is 5.97 Å². The molecule has 0 radical (unpaired) electrons. The summed E-state index contributed by atoms with van der Waals surface area (Å²) in [7, 11) is 0. The van der Waals surface area contributed by atoms with Crippen LogP contribution in [0, 0.1) is 11.8 Å². The van der Waals surface area contributed by atoms with Crippen LogP contribution in [0.2, 0.25) is 0 Å². The summed E-state index contributed by atoms with van der Waals surface area (Å²) in [5, 5.41) is 0. The molecular formula is C14H23NO4. The van der Waals surface area contributed by atoms with Crippen molar-refractivity contribution in [3.8, 4) is 0 Å². The molecule has 0 aromatic rings. The van der Waals surface area contributed by atoms with E-state index in [1.807, 2.05) is 18.7 Å². The fourth-order valence-corrected chi connectivity index (χ4v) is 2.26. The van der Waals surface area contributed by atoms with Gasteiger partial charge in [0.2, 0.25) is 5.91 Å². The van der Waals surface area contributed by atoms with Gasteiger partial charge in [0.25, 0.3) is 0 Å². The second-order valence-corrected chi connectivity index (χ2v) is 5.73. The molecule has 1 amide bonds. The molecule has 1 unspecified atom stereocenters. The fourth-order valence-electron chi connectivity index (χ4n) is 2.26. The Kier molecular flexibility index (Phi) is 4.80. The Labute approximate surface area is 114 Å². The fraction of sp³-hybridized carbons (Fsp3) is 0.857. The van der Waals surface area contributed by atoms with Gasteiger partial charge < -0.3 is 14.4 Å². The molecule has 2 fully saturated rings. The maximum absolute atomic E-state index is 11.8. The van der Waals surface area contributed by atoms with Crippen LogP contribution in [-0.2, 0) is 19.1 Å². The van der Waals surface area contributed by atoms with E-state index in [1.165, 1.54) is 12.8 Å². The number of likely N-dealkylation sites (tertiary alicyclic amines) is 1. The molecule has 5 nitrogen and oxygen atoms in total. The lowest BCUT2D eigenvalue weighted by molar-refractivity contribution is -0.150. The van der Waals surface area contributed by atoms with Crippen LogP contribution in [0.15, 0.2) is 0 Å². The van der Waals surface area contributed by atoms with Crippen molar-refractivity contribution in [2.75, 3.05) is 26.3 Å². The summed E-state index contributed by atoms with van der Waals surface area (Å²) in [5.41, 5.74) is 0. The molecule has 1 aliphatic heterocycles. The van der Waals surface area contributed by atoms with E-state index < -0.39 is 0 Å². The zero-order chi connectivity index (χ0) is 13.8. The molecule has 0 N–H and O–H groups in total. The lowest BCUT2D eigenvalue weighted by Gasteiger charge is -2.15. The highest BCUT2D eigenvalue weighted by molar-refractivity contribution is 5.86. The number of carbonyl (C=O) groups is 2. The Morgan fingerprint density at radius 3 is 2.74 bits per heavy atom. The van der Waals surface area contributed by atoms with E-state index in [0.29, 0.717) is 25.5 Å². The SMILES string of the molecule is CC(C)OCCOC(=O)C1CC(=O)N(CC2CC2)C1. The highest BCUT2D eigenvalue weighted by Crippen LogP contribution is 2.32. The lowest BCUT2D eigenvalue weighted by Crippen LogP contribution is -2.29. The standard InChI is InChI=1S/C14H23NO4/c1-10(2)18-5-6-19-14(17)12-7-13(16)15(9-12)8-11-3-4-11/h10-12H,3-9H2,1-2H3. The molecule has 1 heterocycles. The van der Waals surface area contributed by atoms with Crippen molar-refractivity contribution in [2.45, 2.75) is 39.2 Å². The Morgan fingerprint density at radius 1 is 1.37 bits per heavy atom. The minimum atomic E-state index is -0.287. The molecule has 108 valence electrons. The number of hydrogen-bond donors (Lipinski definition) is 0. The smallest absolute Gasteiger partial charge is 0.311 e. The van der Waals surface area contributed by atoms with Crippen LogP contribution in [0.4, 0.5) is 0 Å². The van der Waals surface area contributed by atoms with E-state index in [9.17, 15) is 9.59 Å². The number of amides is 1.